The van der Waals surface area contributed by atoms with E-state index >= 15 is 0 Å². The highest BCUT2D eigenvalue weighted by molar-refractivity contribution is 8.18. The van der Waals surface area contributed by atoms with Crippen molar-refractivity contribution in [3.63, 3.8) is 0 Å². The molecule has 0 atom stereocenters. The lowest BCUT2D eigenvalue weighted by atomic mass is 10.1. The summed E-state index contributed by atoms with van der Waals surface area (Å²) >= 11 is 1.27. The Bertz CT molecular complexity index is 886. The van der Waals surface area contributed by atoms with E-state index in [0.717, 1.165) is 23.2 Å². The molecule has 2 N–H and O–H groups in total. The number of aryl methyl sites for hydroxylation is 1. The Kier molecular flexibility index (Phi) is 5.00. The van der Waals surface area contributed by atoms with Crippen LogP contribution in [0.15, 0.2) is 58.4 Å². The Morgan fingerprint density at radius 2 is 1.92 bits per heavy atom. The van der Waals surface area contributed by atoms with Crippen molar-refractivity contribution in [3.8, 4) is 0 Å². The normalized spacial score (nSPS) is 17.1. The molecular formula is C19H16N2O3S. The maximum absolute atomic E-state index is 12.1. The zero-order valence-electron chi connectivity index (χ0n) is 13.5. The lowest BCUT2D eigenvalue weighted by Crippen LogP contribution is -2.19. The van der Waals surface area contributed by atoms with Crippen molar-refractivity contribution in [2.75, 3.05) is 0 Å². The van der Waals surface area contributed by atoms with Gasteiger partial charge in [0, 0.05) is 0 Å². The lowest BCUT2D eigenvalue weighted by molar-refractivity contribution is -0.115. The first-order valence-electron chi connectivity index (χ1n) is 7.77. The third kappa shape index (κ3) is 3.97. The van der Waals surface area contributed by atoms with Gasteiger partial charge >= 0.3 is 5.97 Å². The van der Waals surface area contributed by atoms with Crippen LogP contribution < -0.4 is 5.32 Å². The molecular weight excluding hydrogens is 336 g/mol. The molecule has 0 aromatic heterocycles. The molecule has 126 valence electrons. The number of benzene rings is 2. The standard InChI is InChI=1S/C19H16N2O3S/c1-2-13-5-3-4-6-15(13)20-19-21-17(22)16(25-19)11-12-7-9-14(10-8-12)18(23)24/h3-11H,2H2,1H3,(H,23,24)(H,20,21,22). The van der Waals surface area contributed by atoms with Gasteiger partial charge in [-0.3, -0.25) is 4.79 Å². The summed E-state index contributed by atoms with van der Waals surface area (Å²) in [7, 11) is 0. The molecule has 0 bridgehead atoms. The summed E-state index contributed by atoms with van der Waals surface area (Å²) in [5.74, 6) is -1.18. The van der Waals surface area contributed by atoms with Crippen LogP contribution in [0.3, 0.4) is 0 Å². The molecule has 1 saturated heterocycles. The van der Waals surface area contributed by atoms with E-state index < -0.39 is 5.97 Å². The average molecular weight is 352 g/mol. The number of carboxylic acids is 1. The van der Waals surface area contributed by atoms with Crippen LogP contribution in [-0.2, 0) is 11.2 Å². The van der Waals surface area contributed by atoms with Crippen molar-refractivity contribution >= 4 is 40.6 Å². The second-order valence-electron chi connectivity index (χ2n) is 5.39. The molecule has 2 aromatic rings. The van der Waals surface area contributed by atoms with Gasteiger partial charge in [0.2, 0.25) is 0 Å². The second kappa shape index (κ2) is 7.36. The monoisotopic (exact) mass is 352 g/mol. The molecule has 0 unspecified atom stereocenters. The second-order valence-corrected chi connectivity index (χ2v) is 6.42. The van der Waals surface area contributed by atoms with Crippen molar-refractivity contribution in [1.29, 1.82) is 0 Å². The van der Waals surface area contributed by atoms with Crippen LogP contribution in [0.1, 0.15) is 28.4 Å². The van der Waals surface area contributed by atoms with Crippen LogP contribution in [-0.4, -0.2) is 22.2 Å². The smallest absolute Gasteiger partial charge is 0.335 e. The Balaban J connectivity index is 1.82. The molecule has 1 aliphatic heterocycles. The summed E-state index contributed by atoms with van der Waals surface area (Å²) < 4.78 is 0. The first-order valence-corrected chi connectivity index (χ1v) is 8.59. The lowest BCUT2D eigenvalue weighted by Gasteiger charge is -2.02. The molecule has 1 fully saturated rings. The Morgan fingerprint density at radius 1 is 1.20 bits per heavy atom. The van der Waals surface area contributed by atoms with E-state index in [0.29, 0.717) is 10.1 Å². The SMILES string of the molecule is CCc1ccccc1N=C1NC(=O)C(=Cc2ccc(C(=O)O)cc2)S1. The van der Waals surface area contributed by atoms with Gasteiger partial charge in [-0.05, 0) is 53.6 Å². The molecule has 5 nitrogen and oxygen atoms in total. The number of aromatic carboxylic acids is 1. The molecule has 0 aliphatic carbocycles. The summed E-state index contributed by atoms with van der Waals surface area (Å²) in [6, 6.07) is 14.2. The number of para-hydroxylation sites is 1. The minimum atomic E-state index is -0.976. The summed E-state index contributed by atoms with van der Waals surface area (Å²) in [4.78, 5) is 28.1. The molecule has 6 heteroatoms. The van der Waals surface area contributed by atoms with Gasteiger partial charge in [-0.15, -0.1) is 0 Å². The van der Waals surface area contributed by atoms with Crippen LogP contribution in [0.25, 0.3) is 6.08 Å². The number of aliphatic imine (C=N–C) groups is 1. The molecule has 3 rings (SSSR count). The van der Waals surface area contributed by atoms with Crippen LogP contribution >= 0.6 is 11.8 Å². The molecule has 2 aromatic carbocycles. The predicted octanol–water partition coefficient (Wildman–Crippen LogP) is 3.84. The van der Waals surface area contributed by atoms with E-state index in [4.69, 9.17) is 5.11 Å². The van der Waals surface area contributed by atoms with Gasteiger partial charge in [-0.2, -0.15) is 0 Å². The number of nitrogens with zero attached hydrogens (tertiary/aromatic N) is 1. The van der Waals surface area contributed by atoms with E-state index in [9.17, 15) is 9.59 Å². The molecule has 1 amide bonds. The largest absolute Gasteiger partial charge is 0.478 e. The highest BCUT2D eigenvalue weighted by Gasteiger charge is 2.24. The fourth-order valence-corrected chi connectivity index (χ4v) is 3.22. The van der Waals surface area contributed by atoms with Gasteiger partial charge in [0.05, 0.1) is 16.2 Å². The van der Waals surface area contributed by atoms with Gasteiger partial charge in [0.1, 0.15) is 0 Å². The number of carboxylic acid groups (broad SMARTS) is 1. The number of thioether (sulfide) groups is 1. The molecule has 0 spiro atoms. The van der Waals surface area contributed by atoms with Crippen molar-refractivity contribution < 1.29 is 14.7 Å². The fraction of sp³-hybridized carbons (Fsp3) is 0.105. The van der Waals surface area contributed by atoms with Crippen molar-refractivity contribution in [2.24, 2.45) is 4.99 Å². The minimum absolute atomic E-state index is 0.208. The van der Waals surface area contributed by atoms with Crippen molar-refractivity contribution in [3.05, 3.63) is 70.1 Å². The van der Waals surface area contributed by atoms with E-state index in [1.807, 2.05) is 24.3 Å². The average Bonchev–Trinajstić information content (AvgIpc) is 2.95. The summed E-state index contributed by atoms with van der Waals surface area (Å²) in [6.07, 6.45) is 2.59. The van der Waals surface area contributed by atoms with Crippen LogP contribution in [0.5, 0.6) is 0 Å². The number of carbonyl (C=O) groups excluding carboxylic acids is 1. The summed E-state index contributed by atoms with van der Waals surface area (Å²) in [5, 5.41) is 12.2. The molecule has 0 radical (unpaired) electrons. The minimum Gasteiger partial charge on any atom is -0.478 e. The number of hydrogen-bond acceptors (Lipinski definition) is 4. The summed E-state index contributed by atoms with van der Waals surface area (Å²) in [6.45, 7) is 2.06. The molecule has 25 heavy (non-hydrogen) atoms. The third-order valence-corrected chi connectivity index (χ3v) is 4.61. The zero-order chi connectivity index (χ0) is 17.8. The molecule has 1 aliphatic rings. The number of amides is 1. The predicted molar refractivity (Wildman–Crippen MR) is 100 cm³/mol. The van der Waals surface area contributed by atoms with E-state index in [1.54, 1.807) is 18.2 Å². The van der Waals surface area contributed by atoms with Gasteiger partial charge in [0.15, 0.2) is 5.17 Å². The van der Waals surface area contributed by atoms with Gasteiger partial charge in [0.25, 0.3) is 5.91 Å². The topological polar surface area (TPSA) is 78.8 Å². The zero-order valence-corrected chi connectivity index (χ0v) is 14.3. The Labute approximate surface area is 149 Å². The van der Waals surface area contributed by atoms with Gasteiger partial charge in [-0.25, -0.2) is 9.79 Å². The van der Waals surface area contributed by atoms with Gasteiger partial charge < -0.3 is 10.4 Å². The highest BCUT2D eigenvalue weighted by Crippen LogP contribution is 2.29. The van der Waals surface area contributed by atoms with Crippen molar-refractivity contribution in [1.82, 2.24) is 5.32 Å². The van der Waals surface area contributed by atoms with E-state index in [1.165, 1.54) is 23.9 Å². The number of hydrogen-bond donors (Lipinski definition) is 2. The highest BCUT2D eigenvalue weighted by atomic mass is 32.2. The maximum atomic E-state index is 12.1. The molecule has 0 saturated carbocycles. The van der Waals surface area contributed by atoms with Crippen molar-refractivity contribution in [2.45, 2.75) is 13.3 Å². The van der Waals surface area contributed by atoms with Crippen LogP contribution in [0.2, 0.25) is 0 Å². The quantitative estimate of drug-likeness (QED) is 0.820. The number of rotatable bonds is 4. The van der Waals surface area contributed by atoms with E-state index in [2.05, 4.69) is 17.2 Å². The number of nitrogens with one attached hydrogen (secondary N) is 1. The maximum Gasteiger partial charge on any atom is 0.335 e. The Hall–Kier alpha value is -2.86. The van der Waals surface area contributed by atoms with Crippen LogP contribution in [0, 0.1) is 0 Å². The third-order valence-electron chi connectivity index (χ3n) is 3.70. The van der Waals surface area contributed by atoms with Crippen LogP contribution in [0.4, 0.5) is 5.69 Å². The Morgan fingerprint density at radius 3 is 2.60 bits per heavy atom. The van der Waals surface area contributed by atoms with Gasteiger partial charge in [-0.1, -0.05) is 37.3 Å². The summed E-state index contributed by atoms with van der Waals surface area (Å²) in [5.41, 5.74) is 2.94. The molecule has 1 heterocycles. The fourth-order valence-electron chi connectivity index (χ4n) is 2.38. The first kappa shape index (κ1) is 17.0. The first-order chi connectivity index (χ1) is 12.1. The number of carbonyl (C=O) groups is 2. The number of amidine groups is 1. The van der Waals surface area contributed by atoms with E-state index in [-0.39, 0.29) is 11.5 Å².